The van der Waals surface area contributed by atoms with E-state index in [2.05, 4.69) is 50.2 Å². The second kappa shape index (κ2) is 28.7. The molecule has 8 N–H and O–H groups in total. The average molecular weight is 1380 g/mol. The number of nitrogens with zero attached hydrogens (tertiary/aromatic N) is 9. The number of carbonyl (C=O) groups excluding carboxylic acids is 6. The lowest BCUT2D eigenvalue weighted by Crippen LogP contribution is -2.64. The second-order valence-corrected chi connectivity index (χ2v) is 30.5. The minimum absolute atomic E-state index is 0.00809. The van der Waals surface area contributed by atoms with E-state index in [1.165, 1.54) is 23.5 Å². The van der Waals surface area contributed by atoms with E-state index in [1.54, 1.807) is 27.2 Å². The van der Waals surface area contributed by atoms with Crippen LogP contribution in [0.2, 0.25) is 0 Å². The molecule has 1 saturated heterocycles. The normalized spacial score (nSPS) is 22.6. The average Bonchev–Trinajstić information content (AvgIpc) is 0.822. The quantitative estimate of drug-likeness (QED) is 0.0126. The number of thiazole rings is 1. The molecule has 4 aliphatic carbocycles. The van der Waals surface area contributed by atoms with Crippen molar-refractivity contribution >= 4 is 91.4 Å². The van der Waals surface area contributed by atoms with Crippen LogP contribution in [0.5, 0.6) is 5.75 Å². The monoisotopic (exact) mass is 1370 g/mol. The number of pyridine rings is 1. The predicted molar refractivity (Wildman–Crippen MR) is 373 cm³/mol. The van der Waals surface area contributed by atoms with Gasteiger partial charge in [0.25, 0.3) is 11.8 Å². The Bertz CT molecular complexity index is 4070. The summed E-state index contributed by atoms with van der Waals surface area (Å²) < 4.78 is 22.3. The molecule has 5 fully saturated rings. The Morgan fingerprint density at radius 2 is 1.59 bits per heavy atom. The fourth-order valence-electron chi connectivity index (χ4n) is 17.6. The Labute approximate surface area is 580 Å². The van der Waals surface area contributed by atoms with Crippen molar-refractivity contribution in [2.75, 3.05) is 81.7 Å². The van der Waals surface area contributed by atoms with Gasteiger partial charge < -0.3 is 61.0 Å². The molecular formula is C72H92N15O11S+. The number of benzene rings is 2. The molecule has 4 aromatic heterocycles. The van der Waals surface area contributed by atoms with Crippen LogP contribution in [0.4, 0.5) is 33.1 Å². The van der Waals surface area contributed by atoms with Crippen LogP contribution in [0.1, 0.15) is 138 Å². The van der Waals surface area contributed by atoms with Crippen molar-refractivity contribution in [2.45, 2.75) is 156 Å². The number of fused-ring (bicyclic) bond motifs is 2. The zero-order valence-electron chi connectivity index (χ0n) is 57.7. The van der Waals surface area contributed by atoms with Gasteiger partial charge >= 0.3 is 12.0 Å². The third-order valence-corrected chi connectivity index (χ3v) is 22.0. The maximum atomic E-state index is 14.0. The molecule has 0 radical (unpaired) electrons. The van der Waals surface area contributed by atoms with Crippen LogP contribution in [0.15, 0.2) is 72.9 Å². The summed E-state index contributed by atoms with van der Waals surface area (Å²) in [5.74, 6) is -1.30. The lowest BCUT2D eigenvalue weighted by atomic mass is 9.39. The summed E-state index contributed by atoms with van der Waals surface area (Å²) in [6, 6.07) is 14.7. The number of aromatic nitrogens is 6. The Balaban J connectivity index is 0.671. The number of aromatic carboxylic acids is 1. The molecule has 99 heavy (non-hydrogen) atoms. The number of anilines is 5. The number of amides is 7. The van der Waals surface area contributed by atoms with E-state index in [1.807, 2.05) is 73.3 Å². The highest BCUT2D eigenvalue weighted by atomic mass is 32.1. The molecule has 526 valence electrons. The number of hydrogen-bond acceptors (Lipinski definition) is 18. The highest BCUT2D eigenvalue weighted by Crippen LogP contribution is 2.72. The number of imide groups is 1. The minimum atomic E-state index is -1.13. The van der Waals surface area contributed by atoms with E-state index in [0.717, 1.165) is 144 Å². The lowest BCUT2D eigenvalue weighted by Gasteiger charge is -2.69. The Morgan fingerprint density at radius 3 is 2.29 bits per heavy atom. The number of urea groups is 1. The van der Waals surface area contributed by atoms with Crippen molar-refractivity contribution in [3.63, 3.8) is 0 Å². The number of nitrogens with two attached hydrogens (primary N) is 1. The molecule has 2 aromatic carbocycles. The molecule has 13 rings (SSSR count). The maximum absolute atomic E-state index is 14.0. The largest absolute Gasteiger partial charge is 0.497 e. The smallest absolute Gasteiger partial charge is 0.355 e. The molecular weight excluding hydrogens is 1280 g/mol. The summed E-state index contributed by atoms with van der Waals surface area (Å²) in [4.78, 5) is 102. The van der Waals surface area contributed by atoms with Crippen molar-refractivity contribution in [1.82, 2.24) is 50.8 Å². The number of likely N-dealkylation sites (tertiary alicyclic amines) is 1. The van der Waals surface area contributed by atoms with Gasteiger partial charge in [-0.2, -0.15) is 5.10 Å². The minimum Gasteiger partial charge on any atom is -0.497 e. The van der Waals surface area contributed by atoms with Crippen molar-refractivity contribution < 1.29 is 57.4 Å². The van der Waals surface area contributed by atoms with Crippen molar-refractivity contribution in [3.8, 4) is 16.9 Å². The molecule has 4 bridgehead atoms. The summed E-state index contributed by atoms with van der Waals surface area (Å²) in [6.07, 6.45) is 14.6. The highest BCUT2D eigenvalue weighted by Gasteiger charge is 2.66. The number of primary amides is 1. The van der Waals surface area contributed by atoms with E-state index in [4.69, 9.17) is 40.1 Å². The molecule has 27 heteroatoms. The molecule has 7 heterocycles. The first kappa shape index (κ1) is 70.0. The highest BCUT2D eigenvalue weighted by molar-refractivity contribution is 7.22. The van der Waals surface area contributed by atoms with E-state index < -0.39 is 53.6 Å². The molecule has 26 nitrogen and oxygen atoms in total. The van der Waals surface area contributed by atoms with Crippen LogP contribution >= 0.6 is 11.3 Å². The fraction of sp³-hybridized carbons (Fsp3) is 0.528. The number of nitrogens with one attached hydrogen (secondary N) is 5. The summed E-state index contributed by atoms with van der Waals surface area (Å²) >= 11 is 1.52. The molecule has 0 spiro atoms. The Hall–Kier alpha value is -8.92. The van der Waals surface area contributed by atoms with Gasteiger partial charge in [-0.25, -0.2) is 19.6 Å². The van der Waals surface area contributed by atoms with E-state index in [9.17, 15) is 38.7 Å². The van der Waals surface area contributed by atoms with Crippen LogP contribution in [-0.2, 0) is 53.0 Å². The Kier molecular flexibility index (Phi) is 20.3. The summed E-state index contributed by atoms with van der Waals surface area (Å²) in [7, 11) is 1.63. The van der Waals surface area contributed by atoms with Gasteiger partial charge in [0, 0.05) is 96.3 Å². The van der Waals surface area contributed by atoms with Gasteiger partial charge in [0.2, 0.25) is 17.7 Å². The van der Waals surface area contributed by atoms with Gasteiger partial charge in [-0.05, 0) is 137 Å². The van der Waals surface area contributed by atoms with Crippen LogP contribution in [-0.4, -0.2) is 170 Å². The number of ether oxygens (including phenoxy) is 3. The molecule has 6 aromatic rings. The molecule has 7 aliphatic rings. The maximum Gasteiger partial charge on any atom is 0.355 e. The third kappa shape index (κ3) is 15.6. The van der Waals surface area contributed by atoms with Gasteiger partial charge in [-0.3, -0.25) is 33.6 Å². The predicted octanol–water partition coefficient (Wildman–Crippen LogP) is 8.79. The van der Waals surface area contributed by atoms with Crippen LogP contribution < -0.4 is 42.0 Å². The number of carbonyl (C=O) groups is 7. The fourth-order valence-corrected chi connectivity index (χ4v) is 18.4. The number of carboxylic acids is 1. The van der Waals surface area contributed by atoms with E-state index in [0.29, 0.717) is 60.0 Å². The molecule has 3 aliphatic heterocycles. The van der Waals surface area contributed by atoms with Crippen LogP contribution in [0.25, 0.3) is 21.3 Å². The van der Waals surface area contributed by atoms with Gasteiger partial charge in [-0.1, -0.05) is 51.2 Å². The summed E-state index contributed by atoms with van der Waals surface area (Å²) in [6.45, 7) is 18.4. The zero-order chi connectivity index (χ0) is 70.0. The first-order valence-corrected chi connectivity index (χ1v) is 35.4. The second-order valence-electron chi connectivity index (χ2n) is 29.5. The van der Waals surface area contributed by atoms with Crippen LogP contribution in [0.3, 0.4) is 0 Å². The number of carboxylic acid groups (broad SMARTS) is 1. The van der Waals surface area contributed by atoms with Crippen molar-refractivity contribution in [3.05, 3.63) is 101 Å². The number of methoxy groups -OCH3 is 1. The number of rotatable bonds is 30. The van der Waals surface area contributed by atoms with E-state index in [-0.39, 0.29) is 72.6 Å². The third-order valence-electron chi connectivity index (χ3n) is 21.0. The SMILES string of the molecule is COc1ccc2sc(Nc3nnc4c(c3C)CCCN4c3ccc(-c4cnn(CC56CC7(OCC[N+]8(Cc9ccc(NC(=O)[C@H](CCCNC(N)=O)NC(=O)[C@@H](NC(=O)CCOCCN%10C(=O)C=CC%10=O)C(C)C)cc9)CCCC8)C[C@](C)(C5)C[C@](C)(C6)C7)c4C)c(C(=O)O)n3)nc2c1. The first-order chi connectivity index (χ1) is 47.3. The van der Waals surface area contributed by atoms with Gasteiger partial charge in [0.1, 0.15) is 36.7 Å². The number of hydrogen-bond donors (Lipinski definition) is 7. The van der Waals surface area contributed by atoms with Gasteiger partial charge in [-0.15, -0.1) is 10.2 Å². The first-order valence-electron chi connectivity index (χ1n) is 34.6. The molecule has 6 atom stereocenters. The zero-order valence-corrected chi connectivity index (χ0v) is 58.5. The Morgan fingerprint density at radius 1 is 0.838 bits per heavy atom. The van der Waals surface area contributed by atoms with Crippen molar-refractivity contribution in [1.29, 1.82) is 0 Å². The van der Waals surface area contributed by atoms with Gasteiger partial charge in [0.15, 0.2) is 22.5 Å². The van der Waals surface area contributed by atoms with Crippen molar-refractivity contribution in [2.24, 2.45) is 27.9 Å². The van der Waals surface area contributed by atoms with E-state index >= 15 is 0 Å². The molecule has 7 amide bonds. The van der Waals surface area contributed by atoms with Crippen LogP contribution in [0, 0.1) is 36.0 Å². The van der Waals surface area contributed by atoms with Gasteiger partial charge in [0.05, 0.1) is 68.6 Å². The molecule has 2 unspecified atom stereocenters. The lowest BCUT2D eigenvalue weighted by molar-refractivity contribution is -0.930. The topological polar surface area (TPSA) is 329 Å². The number of quaternary nitrogens is 1. The molecule has 4 saturated carbocycles. The summed E-state index contributed by atoms with van der Waals surface area (Å²) in [5, 5.41) is 40.4. The standard InChI is InChI=1S/C72H91N15O11S/c1-44(2)60(80-57(88)24-31-97-32-27-85-58(89)22-23-59(85)90)65(92)77-53(13-10-25-74-67(73)95)64(91)76-48-16-14-47(15-17-48)36-87(28-8-9-29-87)30-33-98-72-40-69(5)37-70(6,41-72)39-71(38-69,42-72)43-86-46(4)52(35-75-86)51-19-21-56(79-61(51)66(93)94)84-26-11-12-50-45(3)62(82-83-63(50)84)81-68-78-54-34-49(96-7)18-20-55(54)99-68/h14-23,34-35,44,53,60H,8-13,24-33,36-43H2,1-7H3,(H7-,73,74,76,77,78,80,81,82,88,91,92,93,94,95)/p+1/t53-,60-,69-,70+,71?,72?/m0/s1. The summed E-state index contributed by atoms with van der Waals surface area (Å²) in [5.41, 5.74) is 11.7.